The van der Waals surface area contributed by atoms with Crippen molar-refractivity contribution in [2.45, 2.75) is 37.9 Å². The van der Waals surface area contributed by atoms with E-state index in [1.54, 1.807) is 9.80 Å². The summed E-state index contributed by atoms with van der Waals surface area (Å²) in [5, 5.41) is 13.7. The van der Waals surface area contributed by atoms with Crippen molar-refractivity contribution in [3.8, 4) is 22.8 Å². The molecular formula is C27H31F2N5O4. The summed E-state index contributed by atoms with van der Waals surface area (Å²) in [6.07, 6.45) is 1.95. The molecular weight excluding hydrogens is 496 g/mol. The average molecular weight is 528 g/mol. The molecule has 2 atom stereocenters. The number of nitrogens with one attached hydrogen (secondary N) is 1. The van der Waals surface area contributed by atoms with Crippen molar-refractivity contribution in [3.63, 3.8) is 0 Å². The van der Waals surface area contributed by atoms with Gasteiger partial charge in [-0.15, -0.1) is 0 Å². The molecule has 4 heterocycles. The highest BCUT2D eigenvalue weighted by molar-refractivity contribution is 6.03. The van der Waals surface area contributed by atoms with Crippen LogP contribution >= 0.6 is 0 Å². The number of amides is 2. The van der Waals surface area contributed by atoms with Crippen LogP contribution in [0, 0.1) is 11.6 Å². The molecule has 2 N–H and O–H groups in total. The fourth-order valence-corrected chi connectivity index (χ4v) is 5.85. The lowest BCUT2D eigenvalue weighted by Crippen LogP contribution is -2.57. The number of nitrogens with zero attached hydrogens (tertiary/aromatic N) is 4. The lowest BCUT2D eigenvalue weighted by Gasteiger charge is -2.40. The number of carbonyl (C=O) groups is 2. The van der Waals surface area contributed by atoms with E-state index in [1.807, 2.05) is 25.8 Å². The third kappa shape index (κ3) is 3.96. The fourth-order valence-electron chi connectivity index (χ4n) is 5.85. The molecule has 5 rings (SSSR count). The number of fused-ring (bicyclic) bond motifs is 2. The summed E-state index contributed by atoms with van der Waals surface area (Å²) in [6.45, 7) is 8.66. The van der Waals surface area contributed by atoms with Crippen LogP contribution in [0.1, 0.15) is 30.6 Å². The van der Waals surface area contributed by atoms with Crippen LogP contribution in [0.5, 0.6) is 11.5 Å². The van der Waals surface area contributed by atoms with Gasteiger partial charge in [-0.3, -0.25) is 9.59 Å². The van der Waals surface area contributed by atoms with Crippen molar-refractivity contribution in [1.29, 1.82) is 0 Å². The molecule has 0 aliphatic carbocycles. The molecule has 202 valence electrons. The van der Waals surface area contributed by atoms with Crippen LogP contribution in [0.2, 0.25) is 0 Å². The van der Waals surface area contributed by atoms with Gasteiger partial charge in [0.15, 0.2) is 11.6 Å². The molecule has 2 amide bonds. The highest BCUT2D eigenvalue weighted by Crippen LogP contribution is 2.45. The fraction of sp³-hybridized carbons (Fsp3) is 0.444. The van der Waals surface area contributed by atoms with Crippen LogP contribution in [-0.2, 0) is 4.79 Å². The van der Waals surface area contributed by atoms with E-state index >= 15 is 4.39 Å². The van der Waals surface area contributed by atoms with Crippen molar-refractivity contribution in [2.75, 3.05) is 44.7 Å². The molecule has 9 nitrogen and oxygen atoms in total. The maximum atomic E-state index is 16.1. The van der Waals surface area contributed by atoms with Crippen LogP contribution in [0.15, 0.2) is 30.9 Å². The van der Waals surface area contributed by atoms with Gasteiger partial charge in [0.1, 0.15) is 35.2 Å². The molecule has 0 bridgehead atoms. The molecule has 2 saturated heterocycles. The Hall–Kier alpha value is -3.73. The molecule has 1 aromatic heterocycles. The van der Waals surface area contributed by atoms with Gasteiger partial charge in [-0.05, 0) is 45.5 Å². The minimum absolute atomic E-state index is 0.0401. The molecule has 2 fully saturated rings. The quantitative estimate of drug-likeness (QED) is 0.590. The van der Waals surface area contributed by atoms with Gasteiger partial charge in [-0.2, -0.15) is 0 Å². The highest BCUT2D eigenvalue weighted by Gasteiger charge is 2.46. The second-order valence-electron chi connectivity index (χ2n) is 10.3. The van der Waals surface area contributed by atoms with Gasteiger partial charge in [0.05, 0.1) is 17.1 Å². The van der Waals surface area contributed by atoms with E-state index in [0.29, 0.717) is 13.1 Å². The lowest BCUT2D eigenvalue weighted by atomic mass is 9.95. The number of ether oxygens (including phenoxy) is 1. The Bertz CT molecular complexity index is 1300. The number of phenols is 1. The molecule has 0 radical (unpaired) electrons. The summed E-state index contributed by atoms with van der Waals surface area (Å²) in [7, 11) is 1.85. The van der Waals surface area contributed by atoms with Crippen LogP contribution in [0.3, 0.4) is 0 Å². The predicted octanol–water partition coefficient (Wildman–Crippen LogP) is 2.54. The number of aromatic hydroxyl groups is 1. The summed E-state index contributed by atoms with van der Waals surface area (Å²) >= 11 is 0. The standard InChI is InChI=1S/C27H31F2N5O4/c1-5-19(36)32-11-12-33-15(13-32)14-38-24-21(26(33)37)25(34-10-9-18(30-4)27(34,2)3)31-23(22(24)29)20-16(28)7-6-8-17(20)35/h5-8,15,18,30,35H,1,9-14H2,2-4H3. The van der Waals surface area contributed by atoms with E-state index in [9.17, 15) is 19.1 Å². The Labute approximate surface area is 219 Å². The number of likely N-dealkylation sites (N-methyl/N-ethyl adjacent to an activating group) is 1. The molecule has 2 unspecified atom stereocenters. The number of anilines is 1. The van der Waals surface area contributed by atoms with Crippen molar-refractivity contribution in [1.82, 2.24) is 20.1 Å². The summed E-state index contributed by atoms with van der Waals surface area (Å²) < 4.78 is 37.0. The third-order valence-electron chi connectivity index (χ3n) is 7.96. The number of phenolic OH excluding ortho intramolecular Hbond substituents is 1. The van der Waals surface area contributed by atoms with E-state index in [1.165, 1.54) is 18.2 Å². The van der Waals surface area contributed by atoms with E-state index in [4.69, 9.17) is 4.74 Å². The first kappa shape index (κ1) is 25.9. The average Bonchev–Trinajstić information content (AvgIpc) is 3.11. The highest BCUT2D eigenvalue weighted by atomic mass is 19.1. The Kier molecular flexibility index (Phi) is 6.50. The molecule has 0 saturated carbocycles. The molecule has 11 heteroatoms. The molecule has 3 aliphatic heterocycles. The second kappa shape index (κ2) is 9.54. The zero-order valence-electron chi connectivity index (χ0n) is 21.6. The minimum Gasteiger partial charge on any atom is -0.507 e. The van der Waals surface area contributed by atoms with Gasteiger partial charge in [-0.25, -0.2) is 13.8 Å². The smallest absolute Gasteiger partial charge is 0.262 e. The number of hydrogen-bond donors (Lipinski definition) is 2. The molecule has 0 spiro atoms. The third-order valence-corrected chi connectivity index (χ3v) is 7.96. The van der Waals surface area contributed by atoms with Crippen molar-refractivity contribution >= 4 is 17.6 Å². The predicted molar refractivity (Wildman–Crippen MR) is 137 cm³/mol. The molecule has 3 aliphatic rings. The second-order valence-corrected chi connectivity index (χ2v) is 10.3. The van der Waals surface area contributed by atoms with Gasteiger partial charge >= 0.3 is 0 Å². The maximum Gasteiger partial charge on any atom is 0.262 e. The van der Waals surface area contributed by atoms with Crippen LogP contribution in [0.4, 0.5) is 14.6 Å². The number of carbonyl (C=O) groups excluding carboxylic acids is 2. The molecule has 2 aromatic rings. The topological polar surface area (TPSA) is 98.2 Å². The van der Waals surface area contributed by atoms with Crippen molar-refractivity contribution < 1.29 is 28.2 Å². The summed E-state index contributed by atoms with van der Waals surface area (Å²) in [4.78, 5) is 35.9. The van der Waals surface area contributed by atoms with Gasteiger partial charge < -0.3 is 29.9 Å². The van der Waals surface area contributed by atoms with Crippen LogP contribution in [-0.4, -0.2) is 89.2 Å². The number of aromatic nitrogens is 1. The number of hydrogen-bond acceptors (Lipinski definition) is 7. The SMILES string of the molecule is C=CC(=O)N1CCN2C(=O)c3c(N4CCC(NC)C4(C)C)nc(-c4c(O)cccc4F)c(F)c3OCC2C1. The zero-order chi connectivity index (χ0) is 27.4. The van der Waals surface area contributed by atoms with Crippen LogP contribution < -0.4 is 15.0 Å². The molecule has 38 heavy (non-hydrogen) atoms. The normalized spacial score (nSPS) is 22.4. The van der Waals surface area contributed by atoms with Gasteiger partial charge in [0, 0.05) is 32.2 Å². The number of pyridine rings is 1. The van der Waals surface area contributed by atoms with Gasteiger partial charge in [-0.1, -0.05) is 12.6 Å². The van der Waals surface area contributed by atoms with E-state index in [2.05, 4.69) is 16.9 Å². The maximum absolute atomic E-state index is 16.1. The summed E-state index contributed by atoms with van der Waals surface area (Å²) in [5.74, 6) is -3.27. The zero-order valence-corrected chi connectivity index (χ0v) is 21.6. The number of benzene rings is 1. The summed E-state index contributed by atoms with van der Waals surface area (Å²) in [5.41, 5.74) is -1.42. The minimum atomic E-state index is -1.03. The Morgan fingerprint density at radius 2 is 2.03 bits per heavy atom. The van der Waals surface area contributed by atoms with E-state index in [0.717, 1.165) is 12.5 Å². The van der Waals surface area contributed by atoms with Gasteiger partial charge in [0.25, 0.3) is 5.91 Å². The number of halogens is 2. The summed E-state index contributed by atoms with van der Waals surface area (Å²) in [6, 6.07) is 3.18. The first-order chi connectivity index (χ1) is 18.1. The largest absolute Gasteiger partial charge is 0.507 e. The number of rotatable bonds is 4. The van der Waals surface area contributed by atoms with E-state index < -0.39 is 46.1 Å². The molecule has 1 aromatic carbocycles. The lowest BCUT2D eigenvalue weighted by molar-refractivity contribution is -0.128. The first-order valence-corrected chi connectivity index (χ1v) is 12.6. The first-order valence-electron chi connectivity index (χ1n) is 12.6. The van der Waals surface area contributed by atoms with Crippen LogP contribution in [0.25, 0.3) is 11.3 Å². The van der Waals surface area contributed by atoms with Crippen molar-refractivity contribution in [3.05, 3.63) is 48.1 Å². The number of piperazine rings is 1. The Morgan fingerprint density at radius 1 is 1.26 bits per heavy atom. The van der Waals surface area contributed by atoms with E-state index in [-0.39, 0.29) is 48.8 Å². The Morgan fingerprint density at radius 3 is 2.68 bits per heavy atom. The Balaban J connectivity index is 1.70. The monoisotopic (exact) mass is 527 g/mol. The van der Waals surface area contributed by atoms with Gasteiger partial charge in [0.2, 0.25) is 5.91 Å². The van der Waals surface area contributed by atoms with Crippen molar-refractivity contribution in [2.24, 2.45) is 0 Å².